The fourth-order valence-corrected chi connectivity index (χ4v) is 3.42. The molecule has 1 aromatic heterocycles. The number of pyridine rings is 1. The Morgan fingerprint density at radius 2 is 1.67 bits per heavy atom. The zero-order chi connectivity index (χ0) is 26.1. The molecule has 190 valence electrons. The van der Waals surface area contributed by atoms with Gasteiger partial charge in [0.15, 0.2) is 0 Å². The number of aromatic nitrogens is 1. The van der Waals surface area contributed by atoms with Crippen molar-refractivity contribution < 1.29 is 32.6 Å². The molecule has 2 aromatic carbocycles. The largest absolute Gasteiger partial charge is 0.493 e. The molecule has 0 bridgehead atoms. The molecule has 36 heavy (non-hydrogen) atoms. The third kappa shape index (κ3) is 8.11. The van der Waals surface area contributed by atoms with Gasteiger partial charge in [0, 0.05) is 23.9 Å². The van der Waals surface area contributed by atoms with Gasteiger partial charge in [0.1, 0.15) is 11.4 Å². The third-order valence-electron chi connectivity index (χ3n) is 5.54. The average molecular weight is 501 g/mol. The Hall–Kier alpha value is -3.88. The number of ether oxygens (including phenoxy) is 1. The molecule has 9 heteroatoms. The molecule has 0 spiro atoms. The Morgan fingerprint density at radius 1 is 1.00 bits per heavy atom. The fourth-order valence-electron chi connectivity index (χ4n) is 3.42. The van der Waals surface area contributed by atoms with E-state index in [0.29, 0.717) is 23.5 Å². The van der Waals surface area contributed by atoms with Gasteiger partial charge in [-0.05, 0) is 60.2 Å². The van der Waals surface area contributed by atoms with Crippen LogP contribution < -0.4 is 10.1 Å². The monoisotopic (exact) mass is 500 g/mol. The molecule has 0 aliphatic rings. The Bertz CT molecular complexity index is 1150. The summed E-state index contributed by atoms with van der Waals surface area (Å²) in [7, 11) is 0. The Morgan fingerprint density at radius 3 is 2.25 bits per heavy atom. The number of carboxylic acid groups (broad SMARTS) is 1. The number of nitrogens with one attached hydrogen (secondary N) is 1. The van der Waals surface area contributed by atoms with Crippen molar-refractivity contribution in [3.05, 3.63) is 83.7 Å². The van der Waals surface area contributed by atoms with Crippen LogP contribution in [0.3, 0.4) is 0 Å². The predicted octanol–water partition coefficient (Wildman–Crippen LogP) is 5.62. The molecule has 1 unspecified atom stereocenters. The van der Waals surface area contributed by atoms with Crippen molar-refractivity contribution in [2.45, 2.75) is 32.4 Å². The molecule has 0 radical (unpaired) electrons. The molecule has 1 heterocycles. The second-order valence-electron chi connectivity index (χ2n) is 8.51. The smallest absolute Gasteiger partial charge is 0.433 e. The molecule has 6 nitrogen and oxygen atoms in total. The minimum absolute atomic E-state index is 0.0857. The SMILES string of the molecule is CC(CCc1ccc(C(=O)NCCC(=O)O)cc1)COc1ccc(-c2ccc(C(F)(F)F)nc2)cc1. The van der Waals surface area contributed by atoms with Crippen LogP contribution in [0.1, 0.15) is 41.4 Å². The molecular formula is C27H27F3N2O4. The number of carbonyl (C=O) groups excluding carboxylic acids is 1. The van der Waals surface area contributed by atoms with Crippen LogP contribution in [0, 0.1) is 5.92 Å². The molecule has 0 aliphatic heterocycles. The summed E-state index contributed by atoms with van der Waals surface area (Å²) in [5, 5.41) is 11.2. The van der Waals surface area contributed by atoms with Gasteiger partial charge in [-0.15, -0.1) is 0 Å². The highest BCUT2D eigenvalue weighted by Crippen LogP contribution is 2.29. The zero-order valence-corrected chi connectivity index (χ0v) is 19.7. The standard InChI is InChI=1S/C27H27F3N2O4/c1-18(2-3-19-4-6-21(7-5-19)26(35)31-15-14-25(33)34)17-36-23-11-8-20(9-12-23)22-10-13-24(32-16-22)27(28,29)30/h4-13,16,18H,2-3,14-15,17H2,1H3,(H,31,35)(H,33,34). The highest BCUT2D eigenvalue weighted by molar-refractivity contribution is 5.94. The van der Waals surface area contributed by atoms with Crippen molar-refractivity contribution in [2.24, 2.45) is 5.92 Å². The molecule has 2 N–H and O–H groups in total. The van der Waals surface area contributed by atoms with Crippen LogP contribution in [0.5, 0.6) is 5.75 Å². The van der Waals surface area contributed by atoms with E-state index >= 15 is 0 Å². The summed E-state index contributed by atoms with van der Waals surface area (Å²) in [6.07, 6.45) is -1.69. The summed E-state index contributed by atoms with van der Waals surface area (Å²) in [6.45, 7) is 2.67. The van der Waals surface area contributed by atoms with E-state index in [1.807, 2.05) is 12.1 Å². The molecule has 3 rings (SSSR count). The first-order valence-corrected chi connectivity index (χ1v) is 11.5. The van der Waals surface area contributed by atoms with Crippen LogP contribution in [0.2, 0.25) is 0 Å². The van der Waals surface area contributed by atoms with Crippen molar-refractivity contribution in [3.63, 3.8) is 0 Å². The number of carboxylic acids is 1. The third-order valence-corrected chi connectivity index (χ3v) is 5.54. The van der Waals surface area contributed by atoms with Gasteiger partial charge in [-0.1, -0.05) is 37.3 Å². The van der Waals surface area contributed by atoms with Crippen LogP contribution >= 0.6 is 0 Å². The second kappa shape index (κ2) is 12.2. The van der Waals surface area contributed by atoms with Crippen LogP contribution in [0.25, 0.3) is 11.1 Å². The number of nitrogens with zero attached hydrogens (tertiary/aromatic N) is 1. The number of aliphatic carboxylic acids is 1. The molecular weight excluding hydrogens is 473 g/mol. The van der Waals surface area contributed by atoms with E-state index in [0.717, 1.165) is 30.0 Å². The van der Waals surface area contributed by atoms with E-state index in [4.69, 9.17) is 9.84 Å². The number of benzene rings is 2. The van der Waals surface area contributed by atoms with Crippen molar-refractivity contribution in [1.82, 2.24) is 10.3 Å². The van der Waals surface area contributed by atoms with Gasteiger partial charge in [0.2, 0.25) is 0 Å². The Kier molecular flexibility index (Phi) is 9.05. The maximum absolute atomic E-state index is 12.7. The van der Waals surface area contributed by atoms with Crippen LogP contribution in [0.4, 0.5) is 13.2 Å². The first-order valence-electron chi connectivity index (χ1n) is 11.5. The maximum Gasteiger partial charge on any atom is 0.433 e. The maximum atomic E-state index is 12.7. The minimum Gasteiger partial charge on any atom is -0.493 e. The van der Waals surface area contributed by atoms with Gasteiger partial charge in [0.25, 0.3) is 5.91 Å². The number of rotatable bonds is 11. The van der Waals surface area contributed by atoms with Gasteiger partial charge in [-0.3, -0.25) is 14.6 Å². The van der Waals surface area contributed by atoms with E-state index in [-0.39, 0.29) is 24.8 Å². The van der Waals surface area contributed by atoms with Crippen molar-refractivity contribution >= 4 is 11.9 Å². The molecule has 3 aromatic rings. The lowest BCUT2D eigenvalue weighted by atomic mass is 10.0. The van der Waals surface area contributed by atoms with E-state index < -0.39 is 17.8 Å². The van der Waals surface area contributed by atoms with Gasteiger partial charge in [0.05, 0.1) is 13.0 Å². The van der Waals surface area contributed by atoms with Gasteiger partial charge in [-0.25, -0.2) is 0 Å². The van der Waals surface area contributed by atoms with Crippen LogP contribution in [-0.4, -0.2) is 35.1 Å². The van der Waals surface area contributed by atoms with Crippen LogP contribution in [0.15, 0.2) is 66.9 Å². The molecule has 0 fully saturated rings. The number of hydrogen-bond donors (Lipinski definition) is 2. The normalized spacial score (nSPS) is 12.1. The summed E-state index contributed by atoms with van der Waals surface area (Å²) < 4.78 is 43.9. The summed E-state index contributed by atoms with van der Waals surface area (Å²) >= 11 is 0. The average Bonchev–Trinajstić information content (AvgIpc) is 2.86. The van der Waals surface area contributed by atoms with E-state index in [1.54, 1.807) is 36.4 Å². The highest BCUT2D eigenvalue weighted by Gasteiger charge is 2.32. The molecule has 0 saturated heterocycles. The van der Waals surface area contributed by atoms with E-state index in [2.05, 4.69) is 17.2 Å². The Balaban J connectivity index is 1.43. The molecule has 0 aliphatic carbocycles. The number of aryl methyl sites for hydroxylation is 1. The van der Waals surface area contributed by atoms with Gasteiger partial charge < -0.3 is 15.2 Å². The lowest BCUT2D eigenvalue weighted by molar-refractivity contribution is -0.141. The van der Waals surface area contributed by atoms with Crippen molar-refractivity contribution in [2.75, 3.05) is 13.2 Å². The topological polar surface area (TPSA) is 88.5 Å². The fraction of sp³-hybridized carbons (Fsp3) is 0.296. The minimum atomic E-state index is -4.46. The van der Waals surface area contributed by atoms with Gasteiger partial charge >= 0.3 is 12.1 Å². The summed E-state index contributed by atoms with van der Waals surface area (Å²) in [5.74, 6) is -0.326. The summed E-state index contributed by atoms with van der Waals surface area (Å²) in [4.78, 5) is 26.0. The van der Waals surface area contributed by atoms with Crippen LogP contribution in [-0.2, 0) is 17.4 Å². The zero-order valence-electron chi connectivity index (χ0n) is 19.7. The molecule has 1 amide bonds. The second-order valence-corrected chi connectivity index (χ2v) is 8.51. The number of alkyl halides is 3. The highest BCUT2D eigenvalue weighted by atomic mass is 19.4. The lowest BCUT2D eigenvalue weighted by Gasteiger charge is -2.14. The van der Waals surface area contributed by atoms with E-state index in [1.165, 1.54) is 12.3 Å². The number of halogens is 3. The molecule has 1 atom stereocenters. The van der Waals surface area contributed by atoms with Gasteiger partial charge in [-0.2, -0.15) is 13.2 Å². The van der Waals surface area contributed by atoms with Crippen molar-refractivity contribution in [3.8, 4) is 16.9 Å². The number of amides is 1. The quantitative estimate of drug-likeness (QED) is 0.357. The van der Waals surface area contributed by atoms with E-state index in [9.17, 15) is 22.8 Å². The Labute approximate surface area is 207 Å². The lowest BCUT2D eigenvalue weighted by Crippen LogP contribution is -2.25. The number of hydrogen-bond acceptors (Lipinski definition) is 4. The number of carbonyl (C=O) groups is 2. The summed E-state index contributed by atoms with van der Waals surface area (Å²) in [6, 6.07) is 16.7. The first kappa shape index (κ1) is 26.7. The van der Waals surface area contributed by atoms with Crippen molar-refractivity contribution in [1.29, 1.82) is 0 Å². The molecule has 0 saturated carbocycles. The summed E-state index contributed by atoms with van der Waals surface area (Å²) in [5.41, 5.74) is 1.98. The first-order chi connectivity index (χ1) is 17.1. The predicted molar refractivity (Wildman–Crippen MR) is 129 cm³/mol.